The van der Waals surface area contributed by atoms with Gasteiger partial charge < -0.3 is 14.2 Å². The Morgan fingerprint density at radius 3 is 1.17 bits per heavy atom. The summed E-state index contributed by atoms with van der Waals surface area (Å²) in [4.78, 5) is 37.6. The fraction of sp³-hybridized carbons (Fsp3) is 0.729. The number of esters is 3. The predicted octanol–water partition coefficient (Wildman–Crippen LogP) is 14.1. The molecule has 0 aliphatic heterocycles. The molecular weight excluding hydrogens is 673 g/mol. The van der Waals surface area contributed by atoms with Crippen LogP contribution in [-0.2, 0) is 28.6 Å². The van der Waals surface area contributed by atoms with Crippen LogP contribution in [0.3, 0.4) is 0 Å². The molecule has 0 aromatic rings. The first-order chi connectivity index (χ1) is 26.5. The fourth-order valence-electron chi connectivity index (χ4n) is 5.92. The Hall–Kier alpha value is -2.89. The molecule has 0 amide bonds. The molecule has 0 aliphatic carbocycles. The standard InChI is InChI=1S/C48H82O6/c1-4-7-10-13-16-19-21-23-24-25-27-29-32-35-38-41-47(50)53-44-45(43-52-46(49)40-37-34-31-28-18-15-12-9-6-3)54-48(51)42-39-36-33-30-26-22-20-17-14-11-8-5-2/h8-9,11-12,17-21,28,45H,4-7,10,13-16,22-27,29-44H2,1-3H3/b11-8-,12-9-,20-17-,21-19-,28-18-. The molecule has 1 atom stereocenters. The van der Waals surface area contributed by atoms with Crippen LogP contribution in [-0.4, -0.2) is 37.2 Å². The lowest BCUT2D eigenvalue weighted by Crippen LogP contribution is -2.30. The van der Waals surface area contributed by atoms with Gasteiger partial charge in [0.2, 0.25) is 0 Å². The van der Waals surface area contributed by atoms with Gasteiger partial charge in [-0.3, -0.25) is 14.4 Å². The summed E-state index contributed by atoms with van der Waals surface area (Å²) in [7, 11) is 0. The van der Waals surface area contributed by atoms with E-state index in [1.165, 1.54) is 64.2 Å². The highest BCUT2D eigenvalue weighted by Gasteiger charge is 2.19. The van der Waals surface area contributed by atoms with Crippen molar-refractivity contribution in [3.05, 3.63) is 60.8 Å². The summed E-state index contributed by atoms with van der Waals surface area (Å²) in [5, 5.41) is 0. The molecule has 0 heterocycles. The molecule has 0 saturated carbocycles. The first kappa shape index (κ1) is 51.1. The van der Waals surface area contributed by atoms with Gasteiger partial charge in [-0.15, -0.1) is 0 Å². The highest BCUT2D eigenvalue weighted by atomic mass is 16.6. The molecule has 0 aromatic heterocycles. The molecule has 0 saturated heterocycles. The largest absolute Gasteiger partial charge is 0.462 e. The first-order valence-corrected chi connectivity index (χ1v) is 22.3. The van der Waals surface area contributed by atoms with Gasteiger partial charge in [-0.05, 0) is 96.3 Å². The third kappa shape index (κ3) is 40.3. The molecule has 6 nitrogen and oxygen atoms in total. The first-order valence-electron chi connectivity index (χ1n) is 22.3. The van der Waals surface area contributed by atoms with Crippen LogP contribution in [0.2, 0.25) is 0 Å². The molecule has 0 bridgehead atoms. The smallest absolute Gasteiger partial charge is 0.306 e. The summed E-state index contributed by atoms with van der Waals surface area (Å²) in [5.41, 5.74) is 0. The maximum Gasteiger partial charge on any atom is 0.306 e. The zero-order valence-corrected chi connectivity index (χ0v) is 35.2. The van der Waals surface area contributed by atoms with Gasteiger partial charge in [0.05, 0.1) is 0 Å². The van der Waals surface area contributed by atoms with Gasteiger partial charge in [0.15, 0.2) is 6.10 Å². The zero-order valence-electron chi connectivity index (χ0n) is 35.2. The number of carbonyl (C=O) groups excluding carboxylic acids is 3. The monoisotopic (exact) mass is 755 g/mol. The van der Waals surface area contributed by atoms with Crippen molar-refractivity contribution in [1.29, 1.82) is 0 Å². The van der Waals surface area contributed by atoms with E-state index in [-0.39, 0.29) is 31.1 Å². The zero-order chi connectivity index (χ0) is 39.4. The maximum atomic E-state index is 12.7. The Balaban J connectivity index is 4.39. The lowest BCUT2D eigenvalue weighted by molar-refractivity contribution is -0.167. The van der Waals surface area contributed by atoms with Crippen LogP contribution >= 0.6 is 0 Å². The molecule has 0 aromatic carbocycles. The number of hydrogen-bond donors (Lipinski definition) is 0. The minimum atomic E-state index is -0.792. The van der Waals surface area contributed by atoms with Crippen molar-refractivity contribution in [2.45, 2.75) is 213 Å². The molecule has 0 N–H and O–H groups in total. The van der Waals surface area contributed by atoms with E-state index in [0.717, 1.165) is 103 Å². The molecule has 1 unspecified atom stereocenters. The van der Waals surface area contributed by atoms with Crippen molar-refractivity contribution in [2.75, 3.05) is 13.2 Å². The molecule has 0 radical (unpaired) electrons. The topological polar surface area (TPSA) is 78.9 Å². The number of unbranched alkanes of at least 4 members (excludes halogenated alkanes) is 18. The van der Waals surface area contributed by atoms with Crippen molar-refractivity contribution in [3.63, 3.8) is 0 Å². The van der Waals surface area contributed by atoms with E-state index in [2.05, 4.69) is 81.5 Å². The van der Waals surface area contributed by atoms with Gasteiger partial charge in [0, 0.05) is 19.3 Å². The Morgan fingerprint density at radius 1 is 0.389 bits per heavy atom. The Kier molecular flexibility index (Phi) is 40.6. The van der Waals surface area contributed by atoms with E-state index in [0.29, 0.717) is 19.3 Å². The molecule has 54 heavy (non-hydrogen) atoms. The number of allylic oxidation sites excluding steroid dienone is 10. The van der Waals surface area contributed by atoms with Gasteiger partial charge in [-0.25, -0.2) is 0 Å². The van der Waals surface area contributed by atoms with Crippen LogP contribution < -0.4 is 0 Å². The molecule has 0 rings (SSSR count). The minimum absolute atomic E-state index is 0.0932. The quantitative estimate of drug-likeness (QED) is 0.0269. The van der Waals surface area contributed by atoms with Gasteiger partial charge in [-0.1, -0.05) is 152 Å². The molecule has 0 aliphatic rings. The van der Waals surface area contributed by atoms with Crippen molar-refractivity contribution < 1.29 is 28.6 Å². The van der Waals surface area contributed by atoms with Gasteiger partial charge in [-0.2, -0.15) is 0 Å². The highest BCUT2D eigenvalue weighted by Crippen LogP contribution is 2.13. The number of hydrogen-bond acceptors (Lipinski definition) is 6. The molecule has 0 fully saturated rings. The minimum Gasteiger partial charge on any atom is -0.462 e. The highest BCUT2D eigenvalue weighted by molar-refractivity contribution is 5.71. The summed E-state index contributed by atoms with van der Waals surface area (Å²) in [5.74, 6) is -0.956. The van der Waals surface area contributed by atoms with Crippen LogP contribution in [0.4, 0.5) is 0 Å². The van der Waals surface area contributed by atoms with Crippen molar-refractivity contribution in [2.24, 2.45) is 0 Å². The Bertz CT molecular complexity index is 1010. The molecular formula is C48H82O6. The Morgan fingerprint density at radius 2 is 0.722 bits per heavy atom. The fourth-order valence-corrected chi connectivity index (χ4v) is 5.92. The van der Waals surface area contributed by atoms with Crippen LogP contribution in [0.25, 0.3) is 0 Å². The number of ether oxygens (including phenoxy) is 3. The van der Waals surface area contributed by atoms with Crippen molar-refractivity contribution in [3.8, 4) is 0 Å². The average molecular weight is 755 g/mol. The van der Waals surface area contributed by atoms with E-state index < -0.39 is 6.10 Å². The van der Waals surface area contributed by atoms with Gasteiger partial charge in [0.1, 0.15) is 13.2 Å². The van der Waals surface area contributed by atoms with E-state index in [1.54, 1.807) is 0 Å². The second-order valence-corrected chi connectivity index (χ2v) is 14.5. The molecule has 310 valence electrons. The maximum absolute atomic E-state index is 12.7. The second kappa shape index (κ2) is 42.8. The SMILES string of the molecule is CC/C=C\C/C=C\CCCCCCCC(=O)OC(COC(=O)CCCC/C=C\C/C=C\CC)COC(=O)CCCCCCCCC/C=C\CCCCCC. The lowest BCUT2D eigenvalue weighted by Gasteiger charge is -2.18. The van der Waals surface area contributed by atoms with E-state index in [9.17, 15) is 14.4 Å². The summed E-state index contributed by atoms with van der Waals surface area (Å²) >= 11 is 0. The van der Waals surface area contributed by atoms with E-state index >= 15 is 0 Å². The van der Waals surface area contributed by atoms with Crippen molar-refractivity contribution in [1.82, 2.24) is 0 Å². The third-order valence-electron chi connectivity index (χ3n) is 9.24. The lowest BCUT2D eigenvalue weighted by atomic mass is 10.1. The Labute approximate surface area is 332 Å². The number of carbonyl (C=O) groups is 3. The summed E-state index contributed by atoms with van der Waals surface area (Å²) < 4.78 is 16.6. The van der Waals surface area contributed by atoms with Crippen LogP contribution in [0, 0.1) is 0 Å². The number of rotatable bonds is 39. The van der Waals surface area contributed by atoms with Gasteiger partial charge >= 0.3 is 17.9 Å². The van der Waals surface area contributed by atoms with E-state index in [4.69, 9.17) is 14.2 Å². The van der Waals surface area contributed by atoms with E-state index in [1.807, 2.05) is 0 Å². The van der Waals surface area contributed by atoms with Crippen molar-refractivity contribution >= 4 is 17.9 Å². The predicted molar refractivity (Wildman–Crippen MR) is 228 cm³/mol. The average Bonchev–Trinajstić information content (AvgIpc) is 3.17. The molecule has 0 spiro atoms. The normalized spacial score (nSPS) is 12.6. The van der Waals surface area contributed by atoms with Crippen LogP contribution in [0.15, 0.2) is 60.8 Å². The van der Waals surface area contributed by atoms with Gasteiger partial charge in [0.25, 0.3) is 0 Å². The van der Waals surface area contributed by atoms with Crippen LogP contribution in [0.5, 0.6) is 0 Å². The summed E-state index contributed by atoms with van der Waals surface area (Å²) in [6.07, 6.45) is 50.7. The van der Waals surface area contributed by atoms with Crippen LogP contribution in [0.1, 0.15) is 207 Å². The summed E-state index contributed by atoms with van der Waals surface area (Å²) in [6.45, 7) is 6.32. The molecule has 6 heteroatoms. The second-order valence-electron chi connectivity index (χ2n) is 14.5. The summed E-state index contributed by atoms with van der Waals surface area (Å²) in [6, 6.07) is 0. The third-order valence-corrected chi connectivity index (χ3v) is 9.24.